The van der Waals surface area contributed by atoms with Crippen molar-refractivity contribution in [1.29, 1.82) is 0 Å². The Morgan fingerprint density at radius 1 is 1.23 bits per heavy atom. The van der Waals surface area contributed by atoms with Gasteiger partial charge in [-0.15, -0.1) is 0 Å². The monoisotopic (exact) mass is 382 g/mol. The van der Waals surface area contributed by atoms with E-state index in [2.05, 4.69) is 22.1 Å². The molecule has 10 heteroatoms. The van der Waals surface area contributed by atoms with Crippen molar-refractivity contribution < 1.29 is 4.79 Å². The Balaban J connectivity index is 1.83. The van der Waals surface area contributed by atoms with E-state index in [1.54, 1.807) is 0 Å². The van der Waals surface area contributed by atoms with Crippen molar-refractivity contribution >= 4 is 28.7 Å². The topological polar surface area (TPSA) is 94.2 Å². The highest BCUT2D eigenvalue weighted by atomic mass is 35.5. The largest absolute Gasteiger partial charge is 0.352 e. The van der Waals surface area contributed by atoms with Gasteiger partial charge in [0.05, 0.1) is 0 Å². The summed E-state index contributed by atoms with van der Waals surface area (Å²) in [7, 11) is 2.90. The maximum Gasteiger partial charge on any atom is 0.332 e. The smallest absolute Gasteiger partial charge is 0.332 e. The van der Waals surface area contributed by atoms with Crippen molar-refractivity contribution in [3.05, 3.63) is 26.1 Å². The molecule has 0 aliphatic carbocycles. The van der Waals surface area contributed by atoms with Gasteiger partial charge in [-0.3, -0.25) is 23.3 Å². The first-order valence-electron chi connectivity index (χ1n) is 8.67. The Kier molecular flexibility index (Phi) is 5.19. The number of nitrogens with one attached hydrogen (secondary N) is 1. The highest BCUT2D eigenvalue weighted by molar-refractivity contribution is 6.29. The molecule has 1 fully saturated rings. The number of aromatic nitrogens is 4. The molecule has 1 N–H and O–H groups in total. The molecule has 0 radical (unpaired) electrons. The molecule has 142 valence electrons. The normalized spacial score (nSPS) is 16.3. The number of carbonyl (C=O) groups is 1. The molecule has 26 heavy (non-hydrogen) atoms. The molecular weight excluding hydrogens is 360 g/mol. The Hall–Kier alpha value is -2.13. The number of rotatable bonds is 4. The Morgan fingerprint density at radius 3 is 2.50 bits per heavy atom. The zero-order valence-electron chi connectivity index (χ0n) is 15.2. The van der Waals surface area contributed by atoms with Crippen LogP contribution >= 0.6 is 11.6 Å². The molecule has 2 aromatic heterocycles. The number of aryl methyl sites for hydroxylation is 1. The third kappa shape index (κ3) is 3.28. The van der Waals surface area contributed by atoms with E-state index in [4.69, 9.17) is 11.6 Å². The Labute approximate surface area is 155 Å². The zero-order valence-corrected chi connectivity index (χ0v) is 15.9. The molecule has 1 aliphatic heterocycles. The van der Waals surface area contributed by atoms with Gasteiger partial charge in [-0.1, -0.05) is 6.92 Å². The second-order valence-electron chi connectivity index (χ2n) is 6.62. The van der Waals surface area contributed by atoms with Gasteiger partial charge in [-0.05, 0) is 31.0 Å². The van der Waals surface area contributed by atoms with E-state index in [1.165, 1.54) is 23.2 Å². The number of carbonyl (C=O) groups excluding carboxylic acids is 1. The number of halogens is 1. The first-order valence-corrected chi connectivity index (χ1v) is 9.04. The van der Waals surface area contributed by atoms with Crippen LogP contribution in [0.3, 0.4) is 0 Å². The van der Waals surface area contributed by atoms with E-state index in [-0.39, 0.29) is 34.9 Å². The van der Waals surface area contributed by atoms with Gasteiger partial charge in [0.15, 0.2) is 11.2 Å². The van der Waals surface area contributed by atoms with Gasteiger partial charge in [0.25, 0.3) is 5.56 Å². The summed E-state index contributed by atoms with van der Waals surface area (Å²) in [6.45, 7) is 4.94. The molecule has 9 nitrogen and oxygen atoms in total. The van der Waals surface area contributed by atoms with Crippen molar-refractivity contribution in [3.63, 3.8) is 0 Å². The highest BCUT2D eigenvalue weighted by Crippen LogP contribution is 2.16. The fourth-order valence-electron chi connectivity index (χ4n) is 3.37. The lowest BCUT2D eigenvalue weighted by Gasteiger charge is -2.31. The minimum absolute atomic E-state index is 0.00857. The van der Waals surface area contributed by atoms with Crippen molar-refractivity contribution in [3.8, 4) is 0 Å². The van der Waals surface area contributed by atoms with E-state index < -0.39 is 11.2 Å². The third-order valence-electron chi connectivity index (χ3n) is 5.00. The number of amides is 1. The van der Waals surface area contributed by atoms with Gasteiger partial charge in [-0.25, -0.2) is 4.79 Å². The molecule has 1 saturated heterocycles. The molecule has 3 rings (SSSR count). The lowest BCUT2D eigenvalue weighted by molar-refractivity contribution is -0.122. The van der Waals surface area contributed by atoms with Crippen LogP contribution < -0.4 is 16.6 Å². The summed E-state index contributed by atoms with van der Waals surface area (Å²) >= 11 is 6.14. The van der Waals surface area contributed by atoms with Crippen molar-refractivity contribution in [2.45, 2.75) is 32.4 Å². The van der Waals surface area contributed by atoms with Crippen LogP contribution in [0.4, 0.5) is 0 Å². The number of imidazole rings is 1. The van der Waals surface area contributed by atoms with Gasteiger partial charge < -0.3 is 10.2 Å². The Bertz CT molecular complexity index is 952. The second-order valence-corrected chi connectivity index (χ2v) is 6.96. The molecule has 2 aromatic rings. The van der Waals surface area contributed by atoms with Crippen LogP contribution in [0.25, 0.3) is 11.2 Å². The fourth-order valence-corrected chi connectivity index (χ4v) is 3.60. The summed E-state index contributed by atoms with van der Waals surface area (Å²) in [5, 5.41) is 3.01. The van der Waals surface area contributed by atoms with Crippen LogP contribution in [0.15, 0.2) is 9.59 Å². The van der Waals surface area contributed by atoms with E-state index >= 15 is 0 Å². The number of fused-ring (bicyclic) bond motifs is 1. The van der Waals surface area contributed by atoms with Crippen LogP contribution in [0, 0.1) is 0 Å². The predicted octanol–water partition coefficient (Wildman–Crippen LogP) is -0.312. The van der Waals surface area contributed by atoms with Crippen LogP contribution in [-0.4, -0.2) is 55.2 Å². The van der Waals surface area contributed by atoms with Crippen LogP contribution in [0.5, 0.6) is 0 Å². The quantitative estimate of drug-likeness (QED) is 0.732. The van der Waals surface area contributed by atoms with Crippen molar-refractivity contribution in [2.24, 2.45) is 14.1 Å². The van der Waals surface area contributed by atoms with E-state index in [0.717, 1.165) is 37.0 Å². The second kappa shape index (κ2) is 7.24. The molecule has 0 atom stereocenters. The minimum Gasteiger partial charge on any atom is -0.352 e. The number of nitrogens with zero attached hydrogens (tertiary/aromatic N) is 5. The van der Waals surface area contributed by atoms with Gasteiger partial charge >= 0.3 is 5.69 Å². The summed E-state index contributed by atoms with van der Waals surface area (Å²) < 4.78 is 3.59. The summed E-state index contributed by atoms with van der Waals surface area (Å²) in [4.78, 5) is 43.4. The van der Waals surface area contributed by atoms with E-state index in [9.17, 15) is 14.4 Å². The zero-order chi connectivity index (χ0) is 19.0. The van der Waals surface area contributed by atoms with Crippen LogP contribution in [-0.2, 0) is 25.4 Å². The first kappa shape index (κ1) is 18.7. The average molecular weight is 383 g/mol. The number of hydrogen-bond donors (Lipinski definition) is 1. The minimum atomic E-state index is -0.522. The summed E-state index contributed by atoms with van der Waals surface area (Å²) in [5.74, 6) is -0.225. The van der Waals surface area contributed by atoms with Gasteiger partial charge in [0, 0.05) is 33.2 Å². The van der Waals surface area contributed by atoms with Gasteiger partial charge in [-0.2, -0.15) is 4.98 Å². The fraction of sp³-hybridized carbons (Fsp3) is 0.625. The summed E-state index contributed by atoms with van der Waals surface area (Å²) in [6.07, 6.45) is 1.79. The molecule has 0 spiro atoms. The maximum absolute atomic E-state index is 12.5. The van der Waals surface area contributed by atoms with Crippen LogP contribution in [0.2, 0.25) is 5.28 Å². The van der Waals surface area contributed by atoms with E-state index in [0.29, 0.717) is 0 Å². The lowest BCUT2D eigenvalue weighted by atomic mass is 10.1. The molecule has 0 aromatic carbocycles. The molecular formula is C16H23ClN6O3. The molecule has 0 saturated carbocycles. The number of hydrogen-bond acceptors (Lipinski definition) is 5. The molecule has 0 unspecified atom stereocenters. The number of piperidine rings is 1. The van der Waals surface area contributed by atoms with Gasteiger partial charge in [0.2, 0.25) is 11.2 Å². The average Bonchev–Trinajstić information content (AvgIpc) is 2.95. The van der Waals surface area contributed by atoms with E-state index in [1.807, 2.05) is 0 Å². The third-order valence-corrected chi connectivity index (χ3v) is 5.29. The molecule has 3 heterocycles. The van der Waals surface area contributed by atoms with Crippen LogP contribution in [0.1, 0.15) is 19.8 Å². The van der Waals surface area contributed by atoms with Gasteiger partial charge in [0.1, 0.15) is 6.54 Å². The standard InChI is InChI=1S/C16H23ClN6O3/c1-4-22-7-5-10(6-8-22)18-11(24)9-23-12-13(19-15(23)17)20(2)16(26)21(3)14(12)25/h10H,4-9H2,1-3H3,(H,18,24). The first-order chi connectivity index (χ1) is 12.3. The maximum atomic E-state index is 12.5. The summed E-state index contributed by atoms with van der Waals surface area (Å²) in [5.41, 5.74) is -0.690. The molecule has 0 bridgehead atoms. The predicted molar refractivity (Wildman–Crippen MR) is 98.5 cm³/mol. The van der Waals surface area contributed by atoms with Crippen molar-refractivity contribution in [2.75, 3.05) is 19.6 Å². The molecule has 1 aliphatic rings. The SMILES string of the molecule is CCN1CCC(NC(=O)Cn2c(Cl)nc3c2c(=O)n(C)c(=O)n3C)CC1. The lowest BCUT2D eigenvalue weighted by Crippen LogP contribution is -2.45. The Morgan fingerprint density at radius 2 is 1.88 bits per heavy atom. The number of likely N-dealkylation sites (tertiary alicyclic amines) is 1. The summed E-state index contributed by atoms with van der Waals surface area (Å²) in [6, 6.07) is 0.117. The molecule has 1 amide bonds. The van der Waals surface area contributed by atoms with Crippen molar-refractivity contribution in [1.82, 2.24) is 28.9 Å². The highest BCUT2D eigenvalue weighted by Gasteiger charge is 2.22.